The van der Waals surface area contributed by atoms with Crippen molar-refractivity contribution in [3.63, 3.8) is 0 Å². The highest BCUT2D eigenvalue weighted by atomic mass is 32.1. The van der Waals surface area contributed by atoms with Crippen LogP contribution in [-0.4, -0.2) is 41.5 Å². The molecule has 32 heavy (non-hydrogen) atoms. The fourth-order valence-electron chi connectivity index (χ4n) is 3.95. The Labute approximate surface area is 188 Å². The number of carbonyl (C=O) groups excluding carboxylic acids is 1. The molecule has 5 rings (SSSR count). The van der Waals surface area contributed by atoms with Crippen LogP contribution in [0.3, 0.4) is 0 Å². The van der Waals surface area contributed by atoms with Gasteiger partial charge in [-0.3, -0.25) is 4.79 Å². The first-order valence-electron chi connectivity index (χ1n) is 10.2. The monoisotopic (exact) mass is 450 g/mol. The molecular formula is C23H22N4O4S. The Hall–Kier alpha value is -3.59. The van der Waals surface area contributed by atoms with Crippen molar-refractivity contribution in [1.82, 2.24) is 14.8 Å². The van der Waals surface area contributed by atoms with E-state index in [1.165, 1.54) is 11.3 Å². The molecule has 1 N–H and O–H groups in total. The van der Waals surface area contributed by atoms with Gasteiger partial charge in [0, 0.05) is 17.9 Å². The molecule has 1 unspecified atom stereocenters. The quantitative estimate of drug-likeness (QED) is 0.469. The highest BCUT2D eigenvalue weighted by Crippen LogP contribution is 2.41. The number of carbonyl (C=O) groups is 1. The summed E-state index contributed by atoms with van der Waals surface area (Å²) in [5, 5.41) is 8.23. The number of aromatic nitrogens is 3. The molecular weight excluding hydrogens is 428 g/mol. The summed E-state index contributed by atoms with van der Waals surface area (Å²) in [6.45, 7) is 2.48. The molecule has 0 bridgehead atoms. The van der Waals surface area contributed by atoms with Gasteiger partial charge in [-0.25, -0.2) is 4.98 Å². The largest absolute Gasteiger partial charge is 0.497 e. The number of nitrogens with zero attached hydrogens (tertiary/aromatic N) is 3. The number of anilines is 1. The average Bonchev–Trinajstić information content (AvgIpc) is 3.42. The Morgan fingerprint density at radius 1 is 1.16 bits per heavy atom. The van der Waals surface area contributed by atoms with E-state index >= 15 is 0 Å². The Kier molecular flexibility index (Phi) is 5.18. The van der Waals surface area contributed by atoms with Crippen LogP contribution in [0.1, 0.15) is 30.4 Å². The zero-order chi connectivity index (χ0) is 22.2. The predicted octanol–water partition coefficient (Wildman–Crippen LogP) is 4.37. The van der Waals surface area contributed by atoms with Gasteiger partial charge in [-0.2, -0.15) is 9.78 Å². The van der Waals surface area contributed by atoms with Crippen LogP contribution in [0.15, 0.2) is 42.6 Å². The molecule has 0 aliphatic carbocycles. The number of amides is 1. The van der Waals surface area contributed by atoms with Crippen LogP contribution in [0.5, 0.6) is 17.2 Å². The van der Waals surface area contributed by atoms with E-state index in [1.807, 2.05) is 43.3 Å². The number of hydrogen-bond acceptors (Lipinski definition) is 7. The minimum atomic E-state index is -0.147. The van der Waals surface area contributed by atoms with Crippen LogP contribution in [0.25, 0.3) is 15.3 Å². The number of methoxy groups -OCH3 is 2. The maximum Gasteiger partial charge on any atom is 0.226 e. The van der Waals surface area contributed by atoms with E-state index in [-0.39, 0.29) is 11.8 Å². The average molecular weight is 451 g/mol. The molecule has 4 aromatic rings. The van der Waals surface area contributed by atoms with Crippen molar-refractivity contribution in [2.75, 3.05) is 26.1 Å². The number of fused-ring (bicyclic) bond motifs is 2. The first kappa shape index (κ1) is 20.3. The van der Waals surface area contributed by atoms with Crippen molar-refractivity contribution >= 4 is 33.3 Å². The van der Waals surface area contributed by atoms with Crippen LogP contribution in [-0.2, 0) is 4.79 Å². The standard InChI is InChI=1S/C23H22N4O4S/c1-4-31-18-8-5-13(9-19(18)30-3)15-11-21(28)26-22-16(15)12-24-27(22)23-25-17-7-6-14(29-2)10-20(17)32-23/h5-10,12,15H,4,11H2,1-3H3,(H,26,28). The molecule has 2 aromatic heterocycles. The zero-order valence-corrected chi connectivity index (χ0v) is 18.7. The van der Waals surface area contributed by atoms with Crippen molar-refractivity contribution < 1.29 is 19.0 Å². The Morgan fingerprint density at radius 2 is 2.03 bits per heavy atom. The van der Waals surface area contributed by atoms with Crippen molar-refractivity contribution in [2.45, 2.75) is 19.3 Å². The topological polar surface area (TPSA) is 87.5 Å². The van der Waals surface area contributed by atoms with Crippen molar-refractivity contribution in [3.05, 3.63) is 53.7 Å². The second kappa shape index (κ2) is 8.16. The molecule has 0 spiro atoms. The molecule has 164 valence electrons. The second-order valence-corrected chi connectivity index (χ2v) is 8.35. The Morgan fingerprint density at radius 3 is 2.81 bits per heavy atom. The molecule has 1 aliphatic heterocycles. The van der Waals surface area contributed by atoms with Crippen LogP contribution in [0.4, 0.5) is 5.82 Å². The first-order chi connectivity index (χ1) is 15.6. The molecule has 3 heterocycles. The summed E-state index contributed by atoms with van der Waals surface area (Å²) in [6.07, 6.45) is 2.13. The first-order valence-corrected chi connectivity index (χ1v) is 11.1. The maximum absolute atomic E-state index is 12.6. The van der Waals surface area contributed by atoms with E-state index in [1.54, 1.807) is 25.1 Å². The van der Waals surface area contributed by atoms with Gasteiger partial charge < -0.3 is 19.5 Å². The Balaban J connectivity index is 1.56. The van der Waals surface area contributed by atoms with Gasteiger partial charge in [-0.15, -0.1) is 0 Å². The minimum Gasteiger partial charge on any atom is -0.497 e. The summed E-state index contributed by atoms with van der Waals surface area (Å²) in [5.41, 5.74) is 2.76. The number of rotatable bonds is 6. The molecule has 0 saturated carbocycles. The fourth-order valence-corrected chi connectivity index (χ4v) is 4.91. The van der Waals surface area contributed by atoms with Gasteiger partial charge in [0.25, 0.3) is 0 Å². The van der Waals surface area contributed by atoms with Crippen LogP contribution >= 0.6 is 11.3 Å². The number of thiazole rings is 1. The molecule has 1 atom stereocenters. The summed E-state index contributed by atoms with van der Waals surface area (Å²) in [4.78, 5) is 17.3. The molecule has 1 aliphatic rings. The van der Waals surface area contributed by atoms with Gasteiger partial charge in [0.2, 0.25) is 11.0 Å². The maximum atomic E-state index is 12.6. The van der Waals surface area contributed by atoms with Gasteiger partial charge in [0.1, 0.15) is 11.6 Å². The summed E-state index contributed by atoms with van der Waals surface area (Å²) in [5.74, 6) is 2.52. The third kappa shape index (κ3) is 3.44. The third-order valence-corrected chi connectivity index (χ3v) is 6.47. The molecule has 2 aromatic carbocycles. The lowest BCUT2D eigenvalue weighted by molar-refractivity contribution is -0.116. The fraction of sp³-hybridized carbons (Fsp3) is 0.261. The van der Waals surface area contributed by atoms with Gasteiger partial charge in [-0.05, 0) is 42.8 Å². The van der Waals surface area contributed by atoms with Gasteiger partial charge in [-0.1, -0.05) is 17.4 Å². The lowest BCUT2D eigenvalue weighted by Gasteiger charge is -2.24. The predicted molar refractivity (Wildman–Crippen MR) is 123 cm³/mol. The normalized spacial score (nSPS) is 15.3. The number of hydrogen-bond donors (Lipinski definition) is 1. The van der Waals surface area contributed by atoms with E-state index < -0.39 is 0 Å². The molecule has 8 nitrogen and oxygen atoms in total. The van der Waals surface area contributed by atoms with Crippen molar-refractivity contribution in [1.29, 1.82) is 0 Å². The van der Waals surface area contributed by atoms with E-state index in [2.05, 4.69) is 10.4 Å². The van der Waals surface area contributed by atoms with Crippen molar-refractivity contribution in [3.8, 4) is 22.4 Å². The van der Waals surface area contributed by atoms with E-state index in [0.29, 0.717) is 35.5 Å². The van der Waals surface area contributed by atoms with Gasteiger partial charge in [0.15, 0.2) is 11.5 Å². The number of benzene rings is 2. The zero-order valence-electron chi connectivity index (χ0n) is 17.9. The summed E-state index contributed by atoms with van der Waals surface area (Å²) >= 11 is 1.49. The van der Waals surface area contributed by atoms with Crippen LogP contribution < -0.4 is 19.5 Å². The highest BCUT2D eigenvalue weighted by Gasteiger charge is 2.31. The SMILES string of the molecule is CCOc1ccc(C2CC(=O)Nc3c2cnn3-c2nc3ccc(OC)cc3s2)cc1OC. The summed E-state index contributed by atoms with van der Waals surface area (Å²) in [6, 6.07) is 11.5. The van der Waals surface area contributed by atoms with E-state index in [9.17, 15) is 4.79 Å². The van der Waals surface area contributed by atoms with E-state index in [0.717, 1.165) is 27.1 Å². The summed E-state index contributed by atoms with van der Waals surface area (Å²) < 4.78 is 19.1. The molecule has 0 saturated heterocycles. The molecule has 9 heteroatoms. The third-order valence-electron chi connectivity index (χ3n) is 5.48. The van der Waals surface area contributed by atoms with Crippen LogP contribution in [0, 0.1) is 0 Å². The lowest BCUT2D eigenvalue weighted by Crippen LogP contribution is -2.24. The lowest BCUT2D eigenvalue weighted by atomic mass is 9.87. The molecule has 1 amide bonds. The molecule has 0 fully saturated rings. The van der Waals surface area contributed by atoms with Gasteiger partial charge >= 0.3 is 0 Å². The minimum absolute atomic E-state index is 0.0696. The Bertz CT molecular complexity index is 1310. The molecule has 0 radical (unpaired) electrons. The smallest absolute Gasteiger partial charge is 0.226 e. The highest BCUT2D eigenvalue weighted by molar-refractivity contribution is 7.20. The second-order valence-electron chi connectivity index (χ2n) is 7.34. The summed E-state index contributed by atoms with van der Waals surface area (Å²) in [7, 11) is 3.25. The van der Waals surface area contributed by atoms with E-state index in [4.69, 9.17) is 19.2 Å². The number of nitrogens with one attached hydrogen (secondary N) is 1. The van der Waals surface area contributed by atoms with Crippen molar-refractivity contribution in [2.24, 2.45) is 0 Å². The van der Waals surface area contributed by atoms with Crippen LogP contribution in [0.2, 0.25) is 0 Å². The van der Waals surface area contributed by atoms with Gasteiger partial charge in [0.05, 0.1) is 37.2 Å². The number of ether oxygens (including phenoxy) is 3.